The summed E-state index contributed by atoms with van der Waals surface area (Å²) in [5.74, 6) is 0.578. The van der Waals surface area contributed by atoms with Crippen LogP contribution in [-0.2, 0) is 13.0 Å². The second-order valence-corrected chi connectivity index (χ2v) is 6.27. The highest BCUT2D eigenvalue weighted by Crippen LogP contribution is 2.10. The van der Waals surface area contributed by atoms with Crippen molar-refractivity contribution in [2.75, 3.05) is 13.6 Å². The number of hydrogen-bond acceptors (Lipinski definition) is 3. The number of aliphatic imine (C=N–C) groups is 1. The van der Waals surface area contributed by atoms with Gasteiger partial charge in [-0.1, -0.05) is 12.1 Å². The minimum absolute atomic E-state index is 0.179. The number of hydrogen-bond donors (Lipinski definition) is 2. The van der Waals surface area contributed by atoms with Gasteiger partial charge in [0.1, 0.15) is 10.8 Å². The van der Waals surface area contributed by atoms with Crippen LogP contribution >= 0.6 is 11.3 Å². The van der Waals surface area contributed by atoms with E-state index >= 15 is 0 Å². The molecule has 0 saturated heterocycles. The minimum atomic E-state index is -0.179. The molecule has 0 spiro atoms. The lowest BCUT2D eigenvalue weighted by atomic mass is 10.1. The second-order valence-electron chi connectivity index (χ2n) is 4.95. The van der Waals surface area contributed by atoms with Gasteiger partial charge in [-0.15, -0.1) is 11.3 Å². The van der Waals surface area contributed by atoms with E-state index in [0.29, 0.717) is 6.54 Å². The quantitative estimate of drug-likeness (QED) is 0.489. The van der Waals surface area contributed by atoms with Crippen molar-refractivity contribution in [3.63, 3.8) is 0 Å². The van der Waals surface area contributed by atoms with E-state index in [0.717, 1.165) is 35.9 Å². The number of benzene rings is 1. The fourth-order valence-electron chi connectivity index (χ4n) is 2.05. The van der Waals surface area contributed by atoms with Crippen LogP contribution in [0.15, 0.2) is 35.5 Å². The predicted molar refractivity (Wildman–Crippen MR) is 89.8 cm³/mol. The van der Waals surface area contributed by atoms with Gasteiger partial charge in [0.05, 0.1) is 6.54 Å². The van der Waals surface area contributed by atoms with E-state index < -0.39 is 0 Å². The standard InChI is InChI=1S/C16H21FN4S/c1-12-10-20-15(22-12)11-21-16(18-2)19-8-4-6-13-5-3-7-14(17)9-13/h3,5,7,9-10H,4,6,8,11H2,1-2H3,(H2,18,19,21). The Morgan fingerprint density at radius 1 is 1.36 bits per heavy atom. The fourth-order valence-corrected chi connectivity index (χ4v) is 2.78. The summed E-state index contributed by atoms with van der Waals surface area (Å²) in [5.41, 5.74) is 1.02. The highest BCUT2D eigenvalue weighted by Gasteiger charge is 2.01. The van der Waals surface area contributed by atoms with Gasteiger partial charge < -0.3 is 10.6 Å². The van der Waals surface area contributed by atoms with E-state index in [1.54, 1.807) is 30.5 Å². The Hall–Kier alpha value is -1.95. The molecule has 2 rings (SSSR count). The molecule has 4 nitrogen and oxygen atoms in total. The average Bonchev–Trinajstić information content (AvgIpc) is 2.92. The zero-order valence-corrected chi connectivity index (χ0v) is 13.7. The van der Waals surface area contributed by atoms with E-state index in [-0.39, 0.29) is 5.82 Å². The minimum Gasteiger partial charge on any atom is -0.356 e. The third-order valence-electron chi connectivity index (χ3n) is 3.12. The predicted octanol–water partition coefficient (Wildman–Crippen LogP) is 2.89. The topological polar surface area (TPSA) is 49.3 Å². The largest absolute Gasteiger partial charge is 0.356 e. The number of halogens is 1. The molecule has 1 heterocycles. The molecule has 0 aliphatic heterocycles. The molecule has 1 aromatic heterocycles. The fraction of sp³-hybridized carbons (Fsp3) is 0.375. The molecule has 2 N–H and O–H groups in total. The number of nitrogens with zero attached hydrogens (tertiary/aromatic N) is 2. The average molecular weight is 320 g/mol. The first-order valence-electron chi connectivity index (χ1n) is 7.27. The summed E-state index contributed by atoms with van der Waals surface area (Å²) < 4.78 is 13.1. The lowest BCUT2D eigenvalue weighted by molar-refractivity contribution is 0.624. The van der Waals surface area contributed by atoms with Gasteiger partial charge in [0.2, 0.25) is 0 Å². The lowest BCUT2D eigenvalue weighted by Gasteiger charge is -2.10. The van der Waals surface area contributed by atoms with Crippen LogP contribution < -0.4 is 10.6 Å². The Bertz CT molecular complexity index is 624. The van der Waals surface area contributed by atoms with Crippen LogP contribution in [-0.4, -0.2) is 24.5 Å². The number of aromatic nitrogens is 1. The van der Waals surface area contributed by atoms with Crippen molar-refractivity contribution < 1.29 is 4.39 Å². The van der Waals surface area contributed by atoms with Crippen LogP contribution in [0.1, 0.15) is 21.9 Å². The molecule has 22 heavy (non-hydrogen) atoms. The Labute approximate surface area is 134 Å². The van der Waals surface area contributed by atoms with Crippen molar-refractivity contribution in [2.24, 2.45) is 4.99 Å². The van der Waals surface area contributed by atoms with E-state index in [1.165, 1.54) is 10.9 Å². The van der Waals surface area contributed by atoms with Gasteiger partial charge in [-0.25, -0.2) is 9.37 Å². The second kappa shape index (κ2) is 8.48. The Morgan fingerprint density at radius 2 is 2.23 bits per heavy atom. The summed E-state index contributed by atoms with van der Waals surface area (Å²) in [4.78, 5) is 9.69. The molecule has 0 amide bonds. The molecule has 0 radical (unpaired) electrons. The molecule has 0 fully saturated rings. The molecule has 118 valence electrons. The highest BCUT2D eigenvalue weighted by atomic mass is 32.1. The number of aryl methyl sites for hydroxylation is 2. The van der Waals surface area contributed by atoms with Gasteiger partial charge in [-0.05, 0) is 37.5 Å². The van der Waals surface area contributed by atoms with Gasteiger partial charge in [0, 0.05) is 24.7 Å². The van der Waals surface area contributed by atoms with Gasteiger partial charge in [0.25, 0.3) is 0 Å². The molecular weight excluding hydrogens is 299 g/mol. The SMILES string of the molecule is CN=C(NCCCc1cccc(F)c1)NCc1ncc(C)s1. The van der Waals surface area contributed by atoms with E-state index in [2.05, 4.69) is 20.6 Å². The summed E-state index contributed by atoms with van der Waals surface area (Å²) in [6.45, 7) is 3.50. The maximum atomic E-state index is 13.1. The molecule has 0 aliphatic carbocycles. The van der Waals surface area contributed by atoms with E-state index in [4.69, 9.17) is 0 Å². The zero-order valence-electron chi connectivity index (χ0n) is 12.9. The first kappa shape index (κ1) is 16.4. The van der Waals surface area contributed by atoms with Crippen molar-refractivity contribution in [3.8, 4) is 0 Å². The summed E-state index contributed by atoms with van der Waals surface area (Å²) in [6, 6.07) is 6.74. The van der Waals surface area contributed by atoms with Crippen LogP contribution in [0.25, 0.3) is 0 Å². The zero-order chi connectivity index (χ0) is 15.8. The van der Waals surface area contributed by atoms with Crippen LogP contribution in [0.3, 0.4) is 0 Å². The Kier molecular flexibility index (Phi) is 6.33. The molecule has 6 heteroatoms. The van der Waals surface area contributed by atoms with Gasteiger partial charge >= 0.3 is 0 Å². The van der Waals surface area contributed by atoms with Crippen LogP contribution in [0.4, 0.5) is 4.39 Å². The highest BCUT2D eigenvalue weighted by molar-refractivity contribution is 7.11. The molecule has 0 aliphatic rings. The van der Waals surface area contributed by atoms with Gasteiger partial charge in [-0.3, -0.25) is 4.99 Å². The first-order chi connectivity index (χ1) is 10.7. The van der Waals surface area contributed by atoms with E-state index in [9.17, 15) is 4.39 Å². The van der Waals surface area contributed by atoms with Gasteiger partial charge in [-0.2, -0.15) is 0 Å². The van der Waals surface area contributed by atoms with Crippen LogP contribution in [0.5, 0.6) is 0 Å². The normalized spacial score (nSPS) is 11.5. The van der Waals surface area contributed by atoms with Crippen molar-refractivity contribution >= 4 is 17.3 Å². The molecular formula is C16H21FN4S. The van der Waals surface area contributed by atoms with Crippen molar-refractivity contribution in [3.05, 3.63) is 51.7 Å². The first-order valence-corrected chi connectivity index (χ1v) is 8.09. The van der Waals surface area contributed by atoms with Crippen molar-refractivity contribution in [1.82, 2.24) is 15.6 Å². The smallest absolute Gasteiger partial charge is 0.191 e. The molecule has 0 unspecified atom stereocenters. The lowest BCUT2D eigenvalue weighted by Crippen LogP contribution is -2.37. The molecule has 1 aromatic carbocycles. The number of guanidine groups is 1. The third-order valence-corrected chi connectivity index (χ3v) is 4.04. The van der Waals surface area contributed by atoms with Crippen molar-refractivity contribution in [1.29, 1.82) is 0 Å². The summed E-state index contributed by atoms with van der Waals surface area (Å²) in [6.07, 6.45) is 3.63. The Morgan fingerprint density at radius 3 is 2.91 bits per heavy atom. The maximum Gasteiger partial charge on any atom is 0.191 e. The molecule has 0 bridgehead atoms. The monoisotopic (exact) mass is 320 g/mol. The summed E-state index contributed by atoms with van der Waals surface area (Å²) in [5, 5.41) is 7.53. The number of nitrogens with one attached hydrogen (secondary N) is 2. The summed E-state index contributed by atoms with van der Waals surface area (Å²) >= 11 is 1.68. The molecule has 0 atom stereocenters. The van der Waals surface area contributed by atoms with E-state index in [1.807, 2.05) is 19.2 Å². The number of thiazole rings is 1. The molecule has 0 saturated carbocycles. The van der Waals surface area contributed by atoms with Gasteiger partial charge in [0.15, 0.2) is 5.96 Å². The maximum absolute atomic E-state index is 13.1. The van der Waals surface area contributed by atoms with Crippen LogP contribution in [0, 0.1) is 12.7 Å². The third kappa shape index (κ3) is 5.44. The molecule has 2 aromatic rings. The Balaban J connectivity index is 1.68. The summed E-state index contributed by atoms with van der Waals surface area (Å²) in [7, 11) is 1.75. The number of rotatable bonds is 6. The van der Waals surface area contributed by atoms with Crippen molar-refractivity contribution in [2.45, 2.75) is 26.3 Å². The van der Waals surface area contributed by atoms with Crippen LogP contribution in [0.2, 0.25) is 0 Å².